The minimum atomic E-state index is 1.08. The molecular weight excluding hydrogens is 1060 g/mol. The third-order valence-corrected chi connectivity index (χ3v) is 18.7. The van der Waals surface area contributed by atoms with Gasteiger partial charge in [0.05, 0.1) is 0 Å². The summed E-state index contributed by atoms with van der Waals surface area (Å²) in [4.78, 5) is 0. The molecule has 0 atom stereocenters. The highest BCUT2D eigenvalue weighted by molar-refractivity contribution is 6.26. The van der Waals surface area contributed by atoms with Gasteiger partial charge in [0, 0.05) is 0 Å². The Morgan fingerprint density at radius 1 is 0.193 bits per heavy atom. The van der Waals surface area contributed by atoms with E-state index in [9.17, 15) is 0 Å². The molecule has 1 aliphatic rings. The summed E-state index contributed by atoms with van der Waals surface area (Å²) in [7, 11) is 0. The highest BCUT2D eigenvalue weighted by Gasteiger charge is 2.23. The molecule has 0 aliphatic heterocycles. The number of hydrogen-bond acceptors (Lipinski definition) is 0. The minimum absolute atomic E-state index is 1.08. The number of benzene rings is 17. The van der Waals surface area contributed by atoms with Gasteiger partial charge in [-0.25, -0.2) is 0 Å². The lowest BCUT2D eigenvalue weighted by atomic mass is 9.81. The largest absolute Gasteiger partial charge is 0.0836 e. The van der Waals surface area contributed by atoms with Crippen molar-refractivity contribution >= 4 is 103 Å². The van der Waals surface area contributed by atoms with E-state index < -0.39 is 0 Å². The van der Waals surface area contributed by atoms with Gasteiger partial charge in [-0.05, 0) is 206 Å². The van der Waals surface area contributed by atoms with Crippen LogP contribution in [0.15, 0.2) is 322 Å². The van der Waals surface area contributed by atoms with Gasteiger partial charge in [0.15, 0.2) is 0 Å². The van der Waals surface area contributed by atoms with Crippen molar-refractivity contribution in [3.8, 4) is 66.8 Å². The third kappa shape index (κ3) is 8.44. The normalized spacial score (nSPS) is 12.2. The van der Waals surface area contributed by atoms with E-state index in [-0.39, 0.29) is 0 Å². The molecule has 88 heavy (non-hydrogen) atoms. The lowest BCUT2D eigenvalue weighted by molar-refractivity contribution is 0.990. The van der Waals surface area contributed by atoms with Crippen molar-refractivity contribution in [1.82, 2.24) is 0 Å². The van der Waals surface area contributed by atoms with E-state index in [0.29, 0.717) is 0 Å². The minimum Gasteiger partial charge on any atom is -0.0836 e. The Labute approximate surface area is 512 Å². The van der Waals surface area contributed by atoms with Crippen LogP contribution in [0.25, 0.3) is 170 Å². The van der Waals surface area contributed by atoms with E-state index in [4.69, 9.17) is 0 Å². The van der Waals surface area contributed by atoms with Crippen molar-refractivity contribution in [2.75, 3.05) is 0 Å². The molecule has 18 rings (SSSR count). The monoisotopic (exact) mass is 1110 g/mol. The van der Waals surface area contributed by atoms with Crippen LogP contribution in [0.5, 0.6) is 0 Å². The van der Waals surface area contributed by atoms with Gasteiger partial charge >= 0.3 is 0 Å². The van der Waals surface area contributed by atoms with Gasteiger partial charge in [-0.15, -0.1) is 0 Å². The second-order valence-corrected chi connectivity index (χ2v) is 23.5. The zero-order valence-corrected chi connectivity index (χ0v) is 48.6. The second-order valence-electron chi connectivity index (χ2n) is 23.5. The van der Waals surface area contributed by atoms with E-state index in [1.165, 1.54) is 175 Å². The Balaban J connectivity index is 0.000000137. The molecular formula is C88H58. The fourth-order valence-corrected chi connectivity index (χ4v) is 14.9. The van der Waals surface area contributed by atoms with Gasteiger partial charge < -0.3 is 0 Å². The molecule has 17 aromatic carbocycles. The van der Waals surface area contributed by atoms with E-state index in [2.05, 4.69) is 328 Å². The van der Waals surface area contributed by atoms with E-state index in [0.717, 1.165) is 12.8 Å². The number of aryl methyl sites for hydroxylation is 1. The second kappa shape index (κ2) is 21.4. The average molecular weight is 1120 g/mol. The van der Waals surface area contributed by atoms with Crippen molar-refractivity contribution < 1.29 is 0 Å². The van der Waals surface area contributed by atoms with Gasteiger partial charge in [0.1, 0.15) is 0 Å². The molecule has 1 aliphatic carbocycles. The molecule has 0 unspecified atom stereocenters. The predicted octanol–water partition coefficient (Wildman–Crippen LogP) is 24.7. The zero-order valence-electron chi connectivity index (χ0n) is 48.6. The summed E-state index contributed by atoms with van der Waals surface area (Å²) in [5.74, 6) is 0. The molecule has 0 nitrogen and oxygen atoms in total. The zero-order chi connectivity index (χ0) is 58.1. The van der Waals surface area contributed by atoms with Crippen LogP contribution in [0, 0.1) is 0 Å². The molecule has 0 radical (unpaired) electrons. The quantitative estimate of drug-likeness (QED) is 0.115. The van der Waals surface area contributed by atoms with Gasteiger partial charge in [0.2, 0.25) is 0 Å². The predicted molar refractivity (Wildman–Crippen MR) is 380 cm³/mol. The Kier molecular flexibility index (Phi) is 12.5. The summed E-state index contributed by atoms with van der Waals surface area (Å²) < 4.78 is 0. The van der Waals surface area contributed by atoms with Crippen LogP contribution in [-0.2, 0) is 6.42 Å². The first kappa shape index (κ1) is 51.3. The van der Waals surface area contributed by atoms with Crippen molar-refractivity contribution in [2.24, 2.45) is 0 Å². The number of rotatable bonds is 6. The molecule has 0 N–H and O–H groups in total. The third-order valence-electron chi connectivity index (χ3n) is 18.7. The van der Waals surface area contributed by atoms with Crippen LogP contribution in [-0.4, -0.2) is 0 Å². The van der Waals surface area contributed by atoms with E-state index in [1.807, 2.05) is 0 Å². The maximum Gasteiger partial charge on any atom is -0.00201 e. The Hall–Kier alpha value is -11.2. The molecule has 0 spiro atoms. The molecule has 410 valence electrons. The molecule has 17 aromatic rings. The van der Waals surface area contributed by atoms with Gasteiger partial charge in [-0.2, -0.15) is 0 Å². The Bertz CT molecular complexity index is 5570. The summed E-state index contributed by atoms with van der Waals surface area (Å²) in [6, 6.07) is 116. The van der Waals surface area contributed by atoms with Crippen molar-refractivity contribution in [3.63, 3.8) is 0 Å². The van der Waals surface area contributed by atoms with Crippen LogP contribution >= 0.6 is 0 Å². The van der Waals surface area contributed by atoms with Crippen molar-refractivity contribution in [3.05, 3.63) is 333 Å². The molecule has 0 saturated carbocycles. The first-order chi connectivity index (χ1) is 43.7. The molecule has 0 amide bonds. The van der Waals surface area contributed by atoms with Crippen LogP contribution in [0.4, 0.5) is 0 Å². The van der Waals surface area contributed by atoms with Crippen LogP contribution < -0.4 is 0 Å². The molecule has 0 aromatic heterocycles. The van der Waals surface area contributed by atoms with Gasteiger partial charge in [-0.3, -0.25) is 0 Å². The van der Waals surface area contributed by atoms with E-state index >= 15 is 0 Å². The topological polar surface area (TPSA) is 0 Å². The fraction of sp³-hybridized carbons (Fsp3) is 0.0227. The molecule has 0 bridgehead atoms. The number of allylic oxidation sites excluding steroid dienone is 1. The summed E-state index contributed by atoms with van der Waals surface area (Å²) >= 11 is 0. The maximum absolute atomic E-state index is 2.47. The Morgan fingerprint density at radius 3 is 1.10 bits per heavy atom. The van der Waals surface area contributed by atoms with Gasteiger partial charge in [-0.1, -0.05) is 309 Å². The molecule has 0 saturated heterocycles. The van der Waals surface area contributed by atoms with Crippen LogP contribution in [0.1, 0.15) is 17.5 Å². The summed E-state index contributed by atoms with van der Waals surface area (Å²) in [6.45, 7) is 0. The van der Waals surface area contributed by atoms with Crippen LogP contribution in [0.3, 0.4) is 0 Å². The number of hydrogen-bond donors (Lipinski definition) is 0. The molecule has 0 heteroatoms. The average Bonchev–Trinajstić information content (AvgIpc) is 1.05. The standard InChI is InChI=1S/C44H28.C44H30/c1-3-18-33-29(13-1)15-12-26-37(33)44-40-24-9-7-22-38(40)43(39-23-8-10-25-41(39)44)32-17-11-16-30(27-32)42-28-31-14-2-4-19-34(31)35-20-5-6-21-36(35)42;1-3-17-31-29(14-1)16-13-27-36(31)43-38-23-9-11-25-40(38)44(41-26-12-10-24-39(41)43)37-22-8-7-21-35(37)42-28-30-15-2-4-18-32(30)33-19-5-6-20-34(33)42/h1-28H;1,3-14,16-28H,2,15H2. The molecule has 0 fully saturated rings. The van der Waals surface area contributed by atoms with Crippen LogP contribution in [0.2, 0.25) is 0 Å². The number of fused-ring (bicyclic) bond motifs is 12. The van der Waals surface area contributed by atoms with Crippen molar-refractivity contribution in [2.45, 2.75) is 12.8 Å². The SMILES string of the molecule is C1=Cc2c(cc(-c3ccccc3-c3c4ccccc4c(-c4cccc5ccccc45)c4ccccc34)c3ccccc23)CC1.c1cc(-c2c3ccccc3c(-c3cccc4ccccc34)c3ccccc23)cc(-c2cc3ccccc3c3ccccc23)c1. The Morgan fingerprint density at radius 2 is 0.557 bits per heavy atom. The first-order valence-corrected chi connectivity index (χ1v) is 30.9. The maximum atomic E-state index is 2.47. The fourth-order valence-electron chi connectivity index (χ4n) is 14.9. The van der Waals surface area contributed by atoms with E-state index in [1.54, 1.807) is 0 Å². The highest BCUT2D eigenvalue weighted by Crippen LogP contribution is 2.50. The van der Waals surface area contributed by atoms with Crippen molar-refractivity contribution in [1.29, 1.82) is 0 Å². The smallest absolute Gasteiger partial charge is 0.00201 e. The lowest BCUT2D eigenvalue weighted by Crippen LogP contribution is -1.98. The lowest BCUT2D eigenvalue weighted by Gasteiger charge is -2.22. The highest BCUT2D eigenvalue weighted by atomic mass is 14.3. The molecule has 0 heterocycles. The summed E-state index contributed by atoms with van der Waals surface area (Å²) in [6.07, 6.45) is 6.82. The summed E-state index contributed by atoms with van der Waals surface area (Å²) in [5, 5.41) is 23.1. The summed E-state index contributed by atoms with van der Waals surface area (Å²) in [5.41, 5.74) is 18.2. The first-order valence-electron chi connectivity index (χ1n) is 30.9. The van der Waals surface area contributed by atoms with Gasteiger partial charge in [0.25, 0.3) is 0 Å².